The van der Waals surface area contributed by atoms with Crippen molar-refractivity contribution in [3.63, 3.8) is 0 Å². The lowest BCUT2D eigenvalue weighted by Crippen LogP contribution is -2.41. The molecule has 1 aromatic heterocycles. The molecule has 0 unspecified atom stereocenters. The number of amides is 1. The van der Waals surface area contributed by atoms with Crippen LogP contribution in [0, 0.1) is 0 Å². The molecule has 0 saturated carbocycles. The summed E-state index contributed by atoms with van der Waals surface area (Å²) in [5.41, 5.74) is 2.00. The van der Waals surface area contributed by atoms with E-state index in [0.29, 0.717) is 25.5 Å². The van der Waals surface area contributed by atoms with Gasteiger partial charge in [0, 0.05) is 49.2 Å². The lowest BCUT2D eigenvalue weighted by molar-refractivity contribution is -0.118. The molecular formula is C19H23N3O3. The number of hydrogen-bond donors (Lipinski definition) is 1. The average molecular weight is 341 g/mol. The van der Waals surface area contributed by atoms with Gasteiger partial charge in [-0.25, -0.2) is 0 Å². The average Bonchev–Trinajstić information content (AvgIpc) is 2.96. The van der Waals surface area contributed by atoms with E-state index >= 15 is 0 Å². The van der Waals surface area contributed by atoms with Gasteiger partial charge >= 0.3 is 0 Å². The first-order valence-electron chi connectivity index (χ1n) is 8.79. The van der Waals surface area contributed by atoms with Crippen molar-refractivity contribution in [3.8, 4) is 11.5 Å². The Morgan fingerprint density at radius 2 is 2.04 bits per heavy atom. The number of anilines is 1. The predicted molar refractivity (Wildman–Crippen MR) is 95.1 cm³/mol. The van der Waals surface area contributed by atoms with Gasteiger partial charge in [0.1, 0.15) is 0 Å². The minimum Gasteiger partial charge on any atom is -0.490 e. The maximum absolute atomic E-state index is 12.5. The lowest BCUT2D eigenvalue weighted by atomic mass is 10.1. The summed E-state index contributed by atoms with van der Waals surface area (Å²) in [6.45, 7) is 5.61. The quantitative estimate of drug-likeness (QED) is 0.932. The highest BCUT2D eigenvalue weighted by molar-refractivity contribution is 5.92. The number of ether oxygens (including phenoxy) is 2. The van der Waals surface area contributed by atoms with E-state index in [4.69, 9.17) is 9.47 Å². The van der Waals surface area contributed by atoms with E-state index in [9.17, 15) is 4.79 Å². The van der Waals surface area contributed by atoms with Gasteiger partial charge in [-0.05, 0) is 31.2 Å². The summed E-state index contributed by atoms with van der Waals surface area (Å²) in [4.78, 5) is 14.7. The summed E-state index contributed by atoms with van der Waals surface area (Å²) in [6, 6.07) is 9.97. The van der Waals surface area contributed by atoms with Crippen molar-refractivity contribution in [2.75, 3.05) is 31.6 Å². The summed E-state index contributed by atoms with van der Waals surface area (Å²) >= 11 is 0. The molecule has 0 aliphatic carbocycles. The van der Waals surface area contributed by atoms with Gasteiger partial charge in [-0.1, -0.05) is 0 Å². The molecule has 2 aliphatic heterocycles. The third-order valence-electron chi connectivity index (χ3n) is 4.85. The van der Waals surface area contributed by atoms with Gasteiger partial charge in [0.15, 0.2) is 11.5 Å². The van der Waals surface area contributed by atoms with Crippen LogP contribution in [0.1, 0.15) is 25.1 Å². The smallest absolute Gasteiger partial charge is 0.238 e. The van der Waals surface area contributed by atoms with Crippen LogP contribution >= 0.6 is 0 Å². The molecule has 1 atom stereocenters. The van der Waals surface area contributed by atoms with Gasteiger partial charge in [-0.3, -0.25) is 9.69 Å². The van der Waals surface area contributed by atoms with Crippen molar-refractivity contribution in [1.29, 1.82) is 0 Å². The first kappa shape index (κ1) is 16.0. The Kier molecular flexibility index (Phi) is 4.36. The fourth-order valence-electron chi connectivity index (χ4n) is 3.47. The van der Waals surface area contributed by atoms with Crippen LogP contribution in [0.3, 0.4) is 0 Å². The summed E-state index contributed by atoms with van der Waals surface area (Å²) in [7, 11) is 0. The minimum absolute atomic E-state index is 0.0126. The molecule has 6 heteroatoms. The zero-order chi connectivity index (χ0) is 17.2. The van der Waals surface area contributed by atoms with E-state index in [1.807, 2.05) is 18.2 Å². The minimum atomic E-state index is -0.0126. The highest BCUT2D eigenvalue weighted by atomic mass is 16.5. The standard InChI is InChI=1S/C19H23N3O3/c1-14-16-4-2-7-21(16)8-9-22(14)13-19(23)20-15-5-6-17-18(12-15)25-11-3-10-24-17/h2,4-7,12,14H,3,8-11,13H2,1H3,(H,20,23)/t14-/m0/s1. The van der Waals surface area contributed by atoms with E-state index in [2.05, 4.69) is 40.0 Å². The van der Waals surface area contributed by atoms with Crippen LogP contribution in [-0.2, 0) is 11.3 Å². The number of nitrogens with one attached hydrogen (secondary N) is 1. The monoisotopic (exact) mass is 341 g/mol. The molecule has 0 fully saturated rings. The summed E-state index contributed by atoms with van der Waals surface area (Å²) in [5.74, 6) is 1.42. The predicted octanol–water partition coefficient (Wildman–Crippen LogP) is 2.66. The summed E-state index contributed by atoms with van der Waals surface area (Å²) in [6.07, 6.45) is 2.96. The number of carbonyl (C=O) groups excluding carboxylic acids is 1. The molecule has 0 spiro atoms. The van der Waals surface area contributed by atoms with Gasteiger partial charge in [0.25, 0.3) is 0 Å². The molecule has 6 nitrogen and oxygen atoms in total. The first-order chi connectivity index (χ1) is 12.2. The SMILES string of the molecule is C[C@H]1c2cccn2CCN1CC(=O)Nc1ccc2c(c1)OCCCO2. The fraction of sp³-hybridized carbons (Fsp3) is 0.421. The second-order valence-corrected chi connectivity index (χ2v) is 6.53. The molecule has 25 heavy (non-hydrogen) atoms. The van der Waals surface area contributed by atoms with Crippen LogP contribution in [0.5, 0.6) is 11.5 Å². The molecule has 0 bridgehead atoms. The number of hydrogen-bond acceptors (Lipinski definition) is 4. The van der Waals surface area contributed by atoms with E-state index in [1.54, 1.807) is 0 Å². The third-order valence-corrected chi connectivity index (χ3v) is 4.85. The molecular weight excluding hydrogens is 318 g/mol. The van der Waals surface area contributed by atoms with Crippen molar-refractivity contribution >= 4 is 11.6 Å². The molecule has 0 radical (unpaired) electrons. The van der Waals surface area contributed by atoms with Crippen molar-refractivity contribution < 1.29 is 14.3 Å². The van der Waals surface area contributed by atoms with Crippen LogP contribution in [0.4, 0.5) is 5.69 Å². The fourth-order valence-corrected chi connectivity index (χ4v) is 3.47. The Balaban J connectivity index is 1.40. The zero-order valence-corrected chi connectivity index (χ0v) is 14.4. The Labute approximate surface area is 147 Å². The van der Waals surface area contributed by atoms with Crippen LogP contribution in [0.15, 0.2) is 36.5 Å². The number of aromatic nitrogens is 1. The van der Waals surface area contributed by atoms with E-state index < -0.39 is 0 Å². The van der Waals surface area contributed by atoms with E-state index in [1.165, 1.54) is 5.69 Å². The van der Waals surface area contributed by atoms with Gasteiger partial charge in [-0.2, -0.15) is 0 Å². The Morgan fingerprint density at radius 1 is 1.20 bits per heavy atom. The molecule has 1 N–H and O–H groups in total. The van der Waals surface area contributed by atoms with Crippen LogP contribution in [-0.4, -0.2) is 41.7 Å². The van der Waals surface area contributed by atoms with Gasteiger partial charge in [0.05, 0.1) is 19.8 Å². The van der Waals surface area contributed by atoms with Crippen molar-refractivity contribution in [2.45, 2.75) is 25.9 Å². The second kappa shape index (κ2) is 6.80. The Bertz CT molecular complexity index is 771. The molecule has 4 rings (SSSR count). The van der Waals surface area contributed by atoms with Crippen molar-refractivity contribution in [3.05, 3.63) is 42.2 Å². The van der Waals surface area contributed by atoms with Crippen LogP contribution in [0.25, 0.3) is 0 Å². The zero-order valence-electron chi connectivity index (χ0n) is 14.4. The Morgan fingerprint density at radius 3 is 2.92 bits per heavy atom. The van der Waals surface area contributed by atoms with Crippen LogP contribution in [0.2, 0.25) is 0 Å². The van der Waals surface area contributed by atoms with E-state index in [0.717, 1.165) is 30.9 Å². The second-order valence-electron chi connectivity index (χ2n) is 6.53. The molecule has 1 aromatic carbocycles. The number of fused-ring (bicyclic) bond motifs is 2. The van der Waals surface area contributed by atoms with Gasteiger partial charge in [0.2, 0.25) is 5.91 Å². The molecule has 3 heterocycles. The number of nitrogens with zero attached hydrogens (tertiary/aromatic N) is 2. The molecule has 2 aliphatic rings. The maximum Gasteiger partial charge on any atom is 0.238 e. The van der Waals surface area contributed by atoms with Crippen molar-refractivity contribution in [2.24, 2.45) is 0 Å². The maximum atomic E-state index is 12.5. The summed E-state index contributed by atoms with van der Waals surface area (Å²) < 4.78 is 13.6. The first-order valence-corrected chi connectivity index (χ1v) is 8.79. The topological polar surface area (TPSA) is 55.7 Å². The highest BCUT2D eigenvalue weighted by Crippen LogP contribution is 2.32. The molecule has 2 aromatic rings. The van der Waals surface area contributed by atoms with Crippen molar-refractivity contribution in [1.82, 2.24) is 9.47 Å². The van der Waals surface area contributed by atoms with Crippen LogP contribution < -0.4 is 14.8 Å². The van der Waals surface area contributed by atoms with E-state index in [-0.39, 0.29) is 11.9 Å². The summed E-state index contributed by atoms with van der Waals surface area (Å²) in [5, 5.41) is 2.98. The number of carbonyl (C=O) groups is 1. The lowest BCUT2D eigenvalue weighted by Gasteiger charge is -2.34. The molecule has 1 amide bonds. The molecule has 0 saturated heterocycles. The Hall–Kier alpha value is -2.47. The highest BCUT2D eigenvalue weighted by Gasteiger charge is 2.25. The largest absolute Gasteiger partial charge is 0.490 e. The van der Waals surface area contributed by atoms with Gasteiger partial charge in [-0.15, -0.1) is 0 Å². The number of benzene rings is 1. The molecule has 132 valence electrons. The number of rotatable bonds is 3. The normalized spacial score (nSPS) is 19.8. The third kappa shape index (κ3) is 3.35. The van der Waals surface area contributed by atoms with Gasteiger partial charge < -0.3 is 19.4 Å².